The smallest absolute Gasteiger partial charge is 0.289 e. The zero-order valence-electron chi connectivity index (χ0n) is 18.8. The van der Waals surface area contributed by atoms with Gasteiger partial charge in [-0.15, -0.1) is 0 Å². The number of benzene rings is 2. The van der Waals surface area contributed by atoms with Crippen LogP contribution in [0, 0.1) is 11.3 Å². The molecule has 0 radical (unpaired) electrons. The third kappa shape index (κ3) is 3.52. The SMILES string of the molecule is CC(C)(C)C1CC=C(C(=O)c2c3ccccc3n3c(C(F)(F)F)nc4ccccc4c23)CC1. The summed E-state index contributed by atoms with van der Waals surface area (Å²) in [5.41, 5.74) is 1.99. The highest BCUT2D eigenvalue weighted by molar-refractivity contribution is 6.24. The van der Waals surface area contributed by atoms with E-state index in [9.17, 15) is 18.0 Å². The Morgan fingerprint density at radius 3 is 2.30 bits per heavy atom. The highest BCUT2D eigenvalue weighted by Gasteiger charge is 2.38. The van der Waals surface area contributed by atoms with Crippen molar-refractivity contribution in [2.45, 2.75) is 46.2 Å². The summed E-state index contributed by atoms with van der Waals surface area (Å²) in [5.74, 6) is -0.735. The van der Waals surface area contributed by atoms with Gasteiger partial charge in [-0.2, -0.15) is 13.2 Å². The van der Waals surface area contributed by atoms with Crippen LogP contribution in [0.3, 0.4) is 0 Å². The number of carbonyl (C=O) groups is 1. The molecule has 0 saturated carbocycles. The lowest BCUT2D eigenvalue weighted by Crippen LogP contribution is -2.23. The summed E-state index contributed by atoms with van der Waals surface area (Å²) in [4.78, 5) is 17.8. The van der Waals surface area contributed by atoms with Crippen molar-refractivity contribution in [2.75, 3.05) is 0 Å². The van der Waals surface area contributed by atoms with Crippen LogP contribution in [-0.4, -0.2) is 15.2 Å². The lowest BCUT2D eigenvalue weighted by atomic mass is 9.72. The fraction of sp³-hybridized carbons (Fsp3) is 0.333. The zero-order chi connectivity index (χ0) is 23.5. The van der Waals surface area contributed by atoms with Gasteiger partial charge < -0.3 is 0 Å². The summed E-state index contributed by atoms with van der Waals surface area (Å²) in [7, 11) is 0. The summed E-state index contributed by atoms with van der Waals surface area (Å²) in [6.07, 6.45) is -0.366. The van der Waals surface area contributed by atoms with Gasteiger partial charge in [-0.25, -0.2) is 4.98 Å². The number of carbonyl (C=O) groups excluding carboxylic acids is 1. The monoisotopic (exact) mass is 450 g/mol. The average Bonchev–Trinajstić information content (AvgIpc) is 3.12. The minimum Gasteiger partial charge on any atom is -0.289 e. The van der Waals surface area contributed by atoms with Gasteiger partial charge in [-0.3, -0.25) is 9.20 Å². The van der Waals surface area contributed by atoms with Crippen molar-refractivity contribution >= 4 is 33.1 Å². The number of hydrogen-bond acceptors (Lipinski definition) is 2. The van der Waals surface area contributed by atoms with E-state index in [0.717, 1.165) is 17.2 Å². The predicted molar refractivity (Wildman–Crippen MR) is 124 cm³/mol. The first-order valence-electron chi connectivity index (χ1n) is 11.2. The van der Waals surface area contributed by atoms with E-state index in [4.69, 9.17) is 0 Å². The predicted octanol–water partition coefficient (Wildman–Crippen LogP) is 7.61. The molecule has 0 aliphatic heterocycles. The number of ketones is 1. The number of para-hydroxylation sites is 2. The molecule has 0 N–H and O–H groups in total. The van der Waals surface area contributed by atoms with Crippen molar-refractivity contribution in [3.8, 4) is 0 Å². The van der Waals surface area contributed by atoms with Crippen LogP contribution in [0.1, 0.15) is 56.2 Å². The highest BCUT2D eigenvalue weighted by Crippen LogP contribution is 2.41. The molecule has 4 aromatic rings. The maximum atomic E-state index is 14.1. The van der Waals surface area contributed by atoms with Gasteiger partial charge in [-0.05, 0) is 48.3 Å². The molecule has 0 amide bonds. The van der Waals surface area contributed by atoms with Gasteiger partial charge in [0, 0.05) is 10.8 Å². The molecule has 5 rings (SSSR count). The van der Waals surface area contributed by atoms with Crippen LogP contribution in [-0.2, 0) is 6.18 Å². The lowest BCUT2D eigenvalue weighted by Gasteiger charge is -2.33. The van der Waals surface area contributed by atoms with Gasteiger partial charge in [0.25, 0.3) is 0 Å². The molecule has 3 nitrogen and oxygen atoms in total. The zero-order valence-corrected chi connectivity index (χ0v) is 18.8. The van der Waals surface area contributed by atoms with Crippen LogP contribution in [0.5, 0.6) is 0 Å². The van der Waals surface area contributed by atoms with Gasteiger partial charge in [-0.1, -0.05) is 63.2 Å². The van der Waals surface area contributed by atoms with Crippen LogP contribution < -0.4 is 0 Å². The molecule has 1 unspecified atom stereocenters. The molecule has 0 spiro atoms. The lowest BCUT2D eigenvalue weighted by molar-refractivity contribution is -0.145. The second-order valence-electron chi connectivity index (χ2n) is 9.92. The van der Waals surface area contributed by atoms with Gasteiger partial charge in [0.2, 0.25) is 5.82 Å². The molecule has 33 heavy (non-hydrogen) atoms. The van der Waals surface area contributed by atoms with Crippen molar-refractivity contribution in [1.82, 2.24) is 9.38 Å². The molecule has 2 aromatic carbocycles. The number of halogens is 3. The Hall–Kier alpha value is -3.15. The van der Waals surface area contributed by atoms with Crippen LogP contribution >= 0.6 is 0 Å². The molecule has 170 valence electrons. The number of rotatable bonds is 2. The number of fused-ring (bicyclic) bond motifs is 5. The molecule has 2 heterocycles. The molecular formula is C27H25F3N2O. The molecule has 0 fully saturated rings. The molecule has 6 heteroatoms. The Morgan fingerprint density at radius 1 is 1.00 bits per heavy atom. The first kappa shape index (κ1) is 21.7. The number of allylic oxidation sites excluding steroid dienone is 2. The quantitative estimate of drug-likeness (QED) is 0.295. The Bertz CT molecular complexity index is 1440. The number of hydrogen-bond donors (Lipinski definition) is 0. The minimum atomic E-state index is -4.67. The molecule has 1 aliphatic carbocycles. The van der Waals surface area contributed by atoms with E-state index in [1.54, 1.807) is 48.5 Å². The first-order chi connectivity index (χ1) is 15.6. The summed E-state index contributed by atoms with van der Waals surface area (Å²) in [6.45, 7) is 6.60. The van der Waals surface area contributed by atoms with Crippen molar-refractivity contribution in [3.63, 3.8) is 0 Å². The molecule has 1 aliphatic rings. The maximum absolute atomic E-state index is 14.1. The largest absolute Gasteiger partial charge is 0.450 e. The van der Waals surface area contributed by atoms with E-state index in [1.165, 1.54) is 0 Å². The van der Waals surface area contributed by atoms with Crippen molar-refractivity contribution in [1.29, 1.82) is 0 Å². The van der Waals surface area contributed by atoms with E-state index < -0.39 is 12.0 Å². The third-order valence-corrected chi connectivity index (χ3v) is 6.88. The Kier molecular flexibility index (Phi) is 4.89. The van der Waals surface area contributed by atoms with Crippen LogP contribution in [0.4, 0.5) is 13.2 Å². The molecular weight excluding hydrogens is 425 g/mol. The van der Waals surface area contributed by atoms with Gasteiger partial charge in [0.1, 0.15) is 0 Å². The van der Waals surface area contributed by atoms with Crippen molar-refractivity contribution in [3.05, 3.63) is 71.6 Å². The summed E-state index contributed by atoms with van der Waals surface area (Å²) >= 11 is 0. The van der Waals surface area contributed by atoms with E-state index in [0.29, 0.717) is 39.8 Å². The average molecular weight is 451 g/mol. The standard InChI is InChI=1S/C27H25F3N2O/c1-26(2,3)17-14-12-16(13-15-17)24(33)22-19-9-5-7-11-21(19)32-23(22)18-8-4-6-10-20(18)31-25(32)27(28,29)30/h4-12,17H,13-15H2,1-3H3. The van der Waals surface area contributed by atoms with E-state index >= 15 is 0 Å². The van der Waals surface area contributed by atoms with E-state index in [2.05, 4.69) is 25.8 Å². The number of nitrogens with zero attached hydrogens (tertiary/aromatic N) is 2. The normalized spacial score (nSPS) is 17.6. The number of aromatic nitrogens is 2. The van der Waals surface area contributed by atoms with E-state index in [-0.39, 0.29) is 22.2 Å². The van der Waals surface area contributed by atoms with Crippen LogP contribution in [0.25, 0.3) is 27.3 Å². The highest BCUT2D eigenvalue weighted by atomic mass is 19.4. The van der Waals surface area contributed by atoms with Gasteiger partial charge in [0.05, 0.1) is 22.1 Å². The van der Waals surface area contributed by atoms with Crippen molar-refractivity contribution < 1.29 is 18.0 Å². The molecule has 2 aromatic heterocycles. The molecule has 1 atom stereocenters. The van der Waals surface area contributed by atoms with Crippen molar-refractivity contribution in [2.24, 2.45) is 11.3 Å². The second kappa shape index (κ2) is 7.44. The second-order valence-corrected chi connectivity index (χ2v) is 9.92. The molecule has 0 saturated heterocycles. The van der Waals surface area contributed by atoms with Gasteiger partial charge in [0.15, 0.2) is 5.78 Å². The fourth-order valence-electron chi connectivity index (χ4n) is 5.06. The summed E-state index contributed by atoms with van der Waals surface area (Å²) in [6, 6.07) is 13.5. The minimum absolute atomic E-state index is 0.143. The summed E-state index contributed by atoms with van der Waals surface area (Å²) in [5, 5.41) is 1.05. The number of alkyl halides is 3. The fourth-order valence-corrected chi connectivity index (χ4v) is 5.06. The van der Waals surface area contributed by atoms with Crippen LogP contribution in [0.15, 0.2) is 60.2 Å². The Balaban J connectivity index is 1.82. The van der Waals surface area contributed by atoms with Gasteiger partial charge >= 0.3 is 6.18 Å². The first-order valence-corrected chi connectivity index (χ1v) is 11.2. The topological polar surface area (TPSA) is 34.4 Å². The Morgan fingerprint density at radius 2 is 1.67 bits per heavy atom. The summed E-state index contributed by atoms with van der Waals surface area (Å²) < 4.78 is 43.5. The number of Topliss-reactive ketones (excluding diaryl/α,β-unsaturated/α-hetero) is 1. The Labute approximate surface area is 189 Å². The maximum Gasteiger partial charge on any atom is 0.450 e. The van der Waals surface area contributed by atoms with E-state index in [1.807, 2.05) is 6.08 Å². The van der Waals surface area contributed by atoms with Crippen LogP contribution in [0.2, 0.25) is 0 Å². The molecule has 0 bridgehead atoms. The third-order valence-electron chi connectivity index (χ3n) is 6.88.